The summed E-state index contributed by atoms with van der Waals surface area (Å²) in [5.41, 5.74) is 4.86. The molecule has 76 valence electrons. The zero-order valence-electron chi connectivity index (χ0n) is 7.90. The zero-order valence-corrected chi connectivity index (χ0v) is 7.90. The van der Waals surface area contributed by atoms with Crippen molar-refractivity contribution in [1.29, 1.82) is 0 Å². The third-order valence-corrected chi connectivity index (χ3v) is 2.55. The molecule has 0 saturated heterocycles. The van der Waals surface area contributed by atoms with Crippen LogP contribution in [-0.4, -0.2) is 27.2 Å². The average Bonchev–Trinajstić information content (AvgIpc) is 2.14. The Morgan fingerprint density at radius 1 is 1.43 bits per heavy atom. The second-order valence-electron chi connectivity index (χ2n) is 3.76. The molecule has 1 heterocycles. The van der Waals surface area contributed by atoms with E-state index < -0.39 is 5.60 Å². The Hall–Kier alpha value is -1.36. The SMILES string of the molecule is Nc1cnc(NCC2(O)CCC2)cn1. The van der Waals surface area contributed by atoms with Gasteiger partial charge in [-0.15, -0.1) is 0 Å². The molecule has 5 heteroatoms. The zero-order chi connectivity index (χ0) is 10.0. The second-order valence-corrected chi connectivity index (χ2v) is 3.76. The molecule has 0 spiro atoms. The van der Waals surface area contributed by atoms with E-state index >= 15 is 0 Å². The lowest BCUT2D eigenvalue weighted by Gasteiger charge is -2.36. The van der Waals surface area contributed by atoms with Gasteiger partial charge >= 0.3 is 0 Å². The quantitative estimate of drug-likeness (QED) is 0.648. The molecule has 1 saturated carbocycles. The van der Waals surface area contributed by atoms with E-state index in [4.69, 9.17) is 5.73 Å². The molecule has 4 N–H and O–H groups in total. The van der Waals surface area contributed by atoms with E-state index in [-0.39, 0.29) is 0 Å². The van der Waals surface area contributed by atoms with Crippen LogP contribution in [0, 0.1) is 0 Å². The Labute approximate surface area is 82.4 Å². The van der Waals surface area contributed by atoms with Gasteiger partial charge < -0.3 is 16.2 Å². The molecular weight excluding hydrogens is 180 g/mol. The molecular formula is C9H14N4O. The highest BCUT2D eigenvalue weighted by atomic mass is 16.3. The summed E-state index contributed by atoms with van der Waals surface area (Å²) in [4.78, 5) is 7.92. The largest absolute Gasteiger partial charge is 0.388 e. The maximum absolute atomic E-state index is 9.79. The molecule has 1 aliphatic rings. The molecule has 5 nitrogen and oxygen atoms in total. The van der Waals surface area contributed by atoms with E-state index in [1.807, 2.05) is 0 Å². The molecule has 0 aliphatic heterocycles. The lowest BCUT2D eigenvalue weighted by Crippen LogP contribution is -2.43. The van der Waals surface area contributed by atoms with Crippen LogP contribution in [0.4, 0.5) is 11.6 Å². The molecule has 0 aromatic carbocycles. The summed E-state index contributed by atoms with van der Waals surface area (Å²) in [5.74, 6) is 1.05. The van der Waals surface area contributed by atoms with Gasteiger partial charge in [-0.25, -0.2) is 9.97 Å². The summed E-state index contributed by atoms with van der Waals surface area (Å²) in [7, 11) is 0. The van der Waals surface area contributed by atoms with Crippen LogP contribution in [0.3, 0.4) is 0 Å². The predicted molar refractivity (Wildman–Crippen MR) is 53.7 cm³/mol. The first kappa shape index (κ1) is 9.21. The standard InChI is InChI=1S/C9H14N4O/c10-7-4-12-8(5-11-7)13-6-9(14)2-1-3-9/h4-5,14H,1-3,6H2,(H2,10,11)(H,12,13). The van der Waals surface area contributed by atoms with E-state index in [9.17, 15) is 5.11 Å². The third kappa shape index (κ3) is 1.93. The summed E-state index contributed by atoms with van der Waals surface area (Å²) in [6, 6.07) is 0. The van der Waals surface area contributed by atoms with Gasteiger partial charge in [-0.2, -0.15) is 0 Å². The van der Waals surface area contributed by atoms with E-state index in [0.29, 0.717) is 18.2 Å². The van der Waals surface area contributed by atoms with E-state index in [2.05, 4.69) is 15.3 Å². The molecule has 0 atom stereocenters. The number of aromatic nitrogens is 2. The number of nitrogens with one attached hydrogen (secondary N) is 1. The summed E-state index contributed by atoms with van der Waals surface area (Å²) < 4.78 is 0. The highest BCUT2D eigenvalue weighted by molar-refractivity contribution is 5.36. The monoisotopic (exact) mass is 194 g/mol. The lowest BCUT2D eigenvalue weighted by atomic mass is 9.80. The second kappa shape index (κ2) is 3.42. The van der Waals surface area contributed by atoms with Crippen LogP contribution in [0.2, 0.25) is 0 Å². The Morgan fingerprint density at radius 2 is 2.21 bits per heavy atom. The Bertz CT molecular complexity index is 307. The Kier molecular flexibility index (Phi) is 2.25. The van der Waals surface area contributed by atoms with Crippen LogP contribution in [0.1, 0.15) is 19.3 Å². The minimum absolute atomic E-state index is 0.401. The lowest BCUT2D eigenvalue weighted by molar-refractivity contribution is -0.0202. The van der Waals surface area contributed by atoms with Crippen molar-refractivity contribution in [3.63, 3.8) is 0 Å². The van der Waals surface area contributed by atoms with Gasteiger partial charge in [0, 0.05) is 6.54 Å². The summed E-state index contributed by atoms with van der Waals surface area (Å²) in [5, 5.41) is 12.8. The van der Waals surface area contributed by atoms with Crippen molar-refractivity contribution in [3.05, 3.63) is 12.4 Å². The fourth-order valence-corrected chi connectivity index (χ4v) is 1.45. The number of nitrogen functional groups attached to an aromatic ring is 1. The summed E-state index contributed by atoms with van der Waals surface area (Å²) in [6.45, 7) is 0.533. The predicted octanol–water partition coefficient (Wildman–Crippen LogP) is 0.386. The molecule has 1 aromatic rings. The van der Waals surface area contributed by atoms with Crippen LogP contribution in [0.15, 0.2) is 12.4 Å². The molecule has 2 rings (SSSR count). The van der Waals surface area contributed by atoms with E-state index in [1.165, 1.54) is 6.20 Å². The summed E-state index contributed by atoms with van der Waals surface area (Å²) in [6.07, 6.45) is 5.89. The van der Waals surface area contributed by atoms with Crippen molar-refractivity contribution < 1.29 is 5.11 Å². The minimum Gasteiger partial charge on any atom is -0.388 e. The van der Waals surface area contributed by atoms with Gasteiger partial charge in [0.1, 0.15) is 11.6 Å². The molecule has 0 amide bonds. The smallest absolute Gasteiger partial charge is 0.144 e. The number of nitrogens with zero attached hydrogens (tertiary/aromatic N) is 2. The van der Waals surface area contributed by atoms with E-state index in [0.717, 1.165) is 19.3 Å². The summed E-state index contributed by atoms with van der Waals surface area (Å²) >= 11 is 0. The fraction of sp³-hybridized carbons (Fsp3) is 0.556. The number of nitrogens with two attached hydrogens (primary N) is 1. The molecule has 1 aliphatic carbocycles. The third-order valence-electron chi connectivity index (χ3n) is 2.55. The topological polar surface area (TPSA) is 84.1 Å². The molecule has 0 bridgehead atoms. The normalized spacial score (nSPS) is 18.6. The van der Waals surface area contributed by atoms with Gasteiger partial charge in [0.25, 0.3) is 0 Å². The Balaban J connectivity index is 1.88. The molecule has 0 unspecified atom stereocenters. The van der Waals surface area contributed by atoms with Crippen LogP contribution < -0.4 is 11.1 Å². The van der Waals surface area contributed by atoms with Crippen molar-refractivity contribution >= 4 is 11.6 Å². The number of rotatable bonds is 3. The van der Waals surface area contributed by atoms with Gasteiger partial charge in [0.15, 0.2) is 0 Å². The van der Waals surface area contributed by atoms with E-state index in [1.54, 1.807) is 6.20 Å². The maximum atomic E-state index is 9.79. The van der Waals surface area contributed by atoms with Gasteiger partial charge in [-0.05, 0) is 19.3 Å². The van der Waals surface area contributed by atoms with Crippen molar-refractivity contribution in [2.45, 2.75) is 24.9 Å². The van der Waals surface area contributed by atoms with Gasteiger partial charge in [0.2, 0.25) is 0 Å². The van der Waals surface area contributed by atoms with Crippen LogP contribution in [-0.2, 0) is 0 Å². The van der Waals surface area contributed by atoms with Crippen LogP contribution in [0.5, 0.6) is 0 Å². The Morgan fingerprint density at radius 3 is 2.71 bits per heavy atom. The number of hydrogen-bond donors (Lipinski definition) is 3. The van der Waals surface area contributed by atoms with Crippen LogP contribution in [0.25, 0.3) is 0 Å². The van der Waals surface area contributed by atoms with Gasteiger partial charge in [-0.3, -0.25) is 0 Å². The number of aliphatic hydroxyl groups is 1. The van der Waals surface area contributed by atoms with Crippen molar-refractivity contribution in [3.8, 4) is 0 Å². The first-order valence-corrected chi connectivity index (χ1v) is 4.72. The number of anilines is 2. The highest BCUT2D eigenvalue weighted by Crippen LogP contribution is 2.31. The molecule has 0 radical (unpaired) electrons. The van der Waals surface area contributed by atoms with Gasteiger partial charge in [0.05, 0.1) is 18.0 Å². The maximum Gasteiger partial charge on any atom is 0.144 e. The first-order chi connectivity index (χ1) is 6.68. The number of hydrogen-bond acceptors (Lipinski definition) is 5. The van der Waals surface area contributed by atoms with Crippen molar-refractivity contribution in [2.75, 3.05) is 17.6 Å². The van der Waals surface area contributed by atoms with Crippen LogP contribution >= 0.6 is 0 Å². The minimum atomic E-state index is -0.539. The molecule has 14 heavy (non-hydrogen) atoms. The highest BCUT2D eigenvalue weighted by Gasteiger charge is 2.33. The average molecular weight is 194 g/mol. The van der Waals surface area contributed by atoms with Crippen molar-refractivity contribution in [1.82, 2.24) is 9.97 Å². The first-order valence-electron chi connectivity index (χ1n) is 4.72. The molecule has 1 aromatic heterocycles. The fourth-order valence-electron chi connectivity index (χ4n) is 1.45. The molecule has 1 fully saturated rings. The van der Waals surface area contributed by atoms with Gasteiger partial charge in [-0.1, -0.05) is 0 Å². The van der Waals surface area contributed by atoms with Crippen molar-refractivity contribution in [2.24, 2.45) is 0 Å².